The van der Waals surface area contributed by atoms with Crippen LogP contribution in [0.25, 0.3) is 0 Å². The quantitative estimate of drug-likeness (QED) is 0.613. The van der Waals surface area contributed by atoms with Gasteiger partial charge >= 0.3 is 0 Å². The van der Waals surface area contributed by atoms with Crippen LogP contribution < -0.4 is 0 Å². The van der Waals surface area contributed by atoms with E-state index in [0.29, 0.717) is 24.8 Å². The molecule has 0 aromatic carbocycles. The van der Waals surface area contributed by atoms with Crippen LogP contribution >= 0.6 is 0 Å². The minimum absolute atomic E-state index is 0.306. The fourth-order valence-corrected chi connectivity index (χ4v) is 5.42. The van der Waals surface area contributed by atoms with E-state index in [1.807, 2.05) is 12.3 Å². The molecular weight excluding hydrogens is 358 g/mol. The number of nitrogens with zero attached hydrogens (tertiary/aromatic N) is 3. The number of carbonyl (C=O) groups excluding carboxylic acids is 1. The molecule has 0 N–H and O–H groups in total. The van der Waals surface area contributed by atoms with Crippen LogP contribution in [0.5, 0.6) is 0 Å². The Bertz CT molecular complexity index is 673. The Labute approximate surface area is 176 Å². The van der Waals surface area contributed by atoms with Gasteiger partial charge in [-0.2, -0.15) is 0 Å². The van der Waals surface area contributed by atoms with E-state index in [-0.39, 0.29) is 0 Å². The molecule has 29 heavy (non-hydrogen) atoms. The van der Waals surface area contributed by atoms with Gasteiger partial charge in [-0.25, -0.2) is 0 Å². The van der Waals surface area contributed by atoms with Crippen molar-refractivity contribution in [2.75, 3.05) is 19.6 Å². The van der Waals surface area contributed by atoms with Crippen molar-refractivity contribution in [2.24, 2.45) is 5.92 Å². The zero-order valence-corrected chi connectivity index (χ0v) is 17.9. The van der Waals surface area contributed by atoms with E-state index in [1.54, 1.807) is 6.20 Å². The highest BCUT2D eigenvalue weighted by Crippen LogP contribution is 2.29. The molecule has 1 amide bonds. The summed E-state index contributed by atoms with van der Waals surface area (Å²) < 4.78 is 0. The maximum atomic E-state index is 13.2. The van der Waals surface area contributed by atoms with E-state index >= 15 is 0 Å². The van der Waals surface area contributed by atoms with E-state index < -0.39 is 0 Å². The SMILES string of the molecule is O=C(CC1=CCCCC1)N(Cc1cccnc1)CC1CCN(C2CCCC2)CC1. The van der Waals surface area contributed by atoms with Gasteiger partial charge in [0.05, 0.1) is 0 Å². The van der Waals surface area contributed by atoms with Crippen molar-refractivity contribution >= 4 is 5.91 Å². The second-order valence-corrected chi connectivity index (χ2v) is 9.34. The summed E-state index contributed by atoms with van der Waals surface area (Å²) in [6.07, 6.45) is 19.5. The molecule has 1 aromatic heterocycles. The molecule has 2 fully saturated rings. The van der Waals surface area contributed by atoms with Gasteiger partial charge in [0, 0.05) is 37.9 Å². The normalized spacial score (nSPS) is 21.9. The largest absolute Gasteiger partial charge is 0.338 e. The highest BCUT2D eigenvalue weighted by molar-refractivity contribution is 5.78. The number of hydrogen-bond donors (Lipinski definition) is 0. The Balaban J connectivity index is 1.35. The highest BCUT2D eigenvalue weighted by atomic mass is 16.2. The summed E-state index contributed by atoms with van der Waals surface area (Å²) >= 11 is 0. The van der Waals surface area contributed by atoms with Crippen LogP contribution in [0.2, 0.25) is 0 Å². The smallest absolute Gasteiger partial charge is 0.226 e. The predicted octanol–water partition coefficient (Wildman–Crippen LogP) is 4.96. The van der Waals surface area contributed by atoms with Crippen molar-refractivity contribution in [3.63, 3.8) is 0 Å². The minimum atomic E-state index is 0.306. The Hall–Kier alpha value is -1.68. The van der Waals surface area contributed by atoms with E-state index in [4.69, 9.17) is 0 Å². The number of carbonyl (C=O) groups is 1. The molecule has 0 unspecified atom stereocenters. The molecule has 0 spiro atoms. The number of likely N-dealkylation sites (tertiary alicyclic amines) is 1. The zero-order chi connectivity index (χ0) is 19.9. The van der Waals surface area contributed by atoms with E-state index in [1.165, 1.54) is 70.0 Å². The number of amides is 1. The molecule has 2 aliphatic carbocycles. The number of hydrogen-bond acceptors (Lipinski definition) is 3. The molecule has 158 valence electrons. The molecule has 1 saturated heterocycles. The summed E-state index contributed by atoms with van der Waals surface area (Å²) in [5.74, 6) is 0.939. The molecule has 0 bridgehead atoms. The van der Waals surface area contributed by atoms with Gasteiger partial charge in [0.25, 0.3) is 0 Å². The van der Waals surface area contributed by atoms with Crippen LogP contribution in [0.4, 0.5) is 0 Å². The third-order valence-electron chi connectivity index (χ3n) is 7.18. The van der Waals surface area contributed by atoms with Crippen LogP contribution in [0.15, 0.2) is 36.2 Å². The van der Waals surface area contributed by atoms with Crippen molar-refractivity contribution in [3.05, 3.63) is 41.7 Å². The van der Waals surface area contributed by atoms with Crippen molar-refractivity contribution in [3.8, 4) is 0 Å². The summed E-state index contributed by atoms with van der Waals surface area (Å²) in [7, 11) is 0. The number of allylic oxidation sites excluding steroid dienone is 1. The van der Waals surface area contributed by atoms with Gasteiger partial charge in [-0.05, 0) is 82.0 Å². The van der Waals surface area contributed by atoms with Crippen LogP contribution in [-0.2, 0) is 11.3 Å². The van der Waals surface area contributed by atoms with Crippen LogP contribution in [-0.4, -0.2) is 46.4 Å². The lowest BCUT2D eigenvalue weighted by molar-refractivity contribution is -0.132. The maximum absolute atomic E-state index is 13.2. The molecular formula is C25H37N3O. The van der Waals surface area contributed by atoms with Crippen LogP contribution in [0.3, 0.4) is 0 Å². The number of rotatable bonds is 7. The highest BCUT2D eigenvalue weighted by Gasteiger charge is 2.29. The first-order valence-corrected chi connectivity index (χ1v) is 11.9. The predicted molar refractivity (Wildman–Crippen MR) is 117 cm³/mol. The van der Waals surface area contributed by atoms with Gasteiger partial charge in [-0.3, -0.25) is 9.78 Å². The Kier molecular flexibility index (Phi) is 7.37. The number of aromatic nitrogens is 1. The molecule has 4 heteroatoms. The first-order chi connectivity index (χ1) is 14.3. The van der Waals surface area contributed by atoms with Gasteiger partial charge in [0.15, 0.2) is 0 Å². The fraction of sp³-hybridized carbons (Fsp3) is 0.680. The van der Waals surface area contributed by atoms with Crippen LogP contribution in [0.1, 0.15) is 76.2 Å². The number of pyridine rings is 1. The third-order valence-corrected chi connectivity index (χ3v) is 7.18. The summed E-state index contributed by atoms with van der Waals surface area (Å²) in [6.45, 7) is 4.03. The van der Waals surface area contributed by atoms with Gasteiger partial charge in [-0.15, -0.1) is 0 Å². The standard InChI is InChI=1S/C25H37N3O/c29-25(17-21-7-2-1-3-8-21)28(20-23-9-6-14-26-18-23)19-22-12-15-27(16-13-22)24-10-4-5-11-24/h6-7,9,14,18,22,24H,1-5,8,10-13,15-17,19-20H2. The van der Waals surface area contributed by atoms with E-state index in [2.05, 4.69) is 26.9 Å². The molecule has 1 aliphatic heterocycles. The van der Waals surface area contributed by atoms with Gasteiger partial charge in [-0.1, -0.05) is 30.6 Å². The third kappa shape index (κ3) is 5.91. The molecule has 2 heterocycles. The Morgan fingerprint density at radius 3 is 2.62 bits per heavy atom. The van der Waals surface area contributed by atoms with Crippen molar-refractivity contribution < 1.29 is 4.79 Å². The van der Waals surface area contributed by atoms with Gasteiger partial charge < -0.3 is 9.80 Å². The van der Waals surface area contributed by atoms with Crippen molar-refractivity contribution in [2.45, 2.75) is 83.2 Å². The van der Waals surface area contributed by atoms with Crippen LogP contribution in [0, 0.1) is 5.92 Å². The second kappa shape index (κ2) is 10.4. The Morgan fingerprint density at radius 1 is 1.10 bits per heavy atom. The monoisotopic (exact) mass is 395 g/mol. The first-order valence-electron chi connectivity index (χ1n) is 11.9. The molecule has 0 atom stereocenters. The van der Waals surface area contributed by atoms with E-state index in [0.717, 1.165) is 31.0 Å². The van der Waals surface area contributed by atoms with Crippen molar-refractivity contribution in [1.82, 2.24) is 14.8 Å². The molecule has 1 aromatic rings. The first kappa shape index (κ1) is 20.6. The molecule has 1 saturated carbocycles. The fourth-order valence-electron chi connectivity index (χ4n) is 5.42. The van der Waals surface area contributed by atoms with E-state index in [9.17, 15) is 4.79 Å². The minimum Gasteiger partial charge on any atom is -0.338 e. The molecule has 0 radical (unpaired) electrons. The summed E-state index contributed by atoms with van der Waals surface area (Å²) in [5, 5.41) is 0. The Morgan fingerprint density at radius 2 is 1.93 bits per heavy atom. The number of piperidine rings is 1. The molecule has 3 aliphatic rings. The topological polar surface area (TPSA) is 36.4 Å². The molecule has 4 nitrogen and oxygen atoms in total. The van der Waals surface area contributed by atoms with Gasteiger partial charge in [0.1, 0.15) is 0 Å². The average molecular weight is 396 g/mol. The lowest BCUT2D eigenvalue weighted by Gasteiger charge is -2.38. The zero-order valence-electron chi connectivity index (χ0n) is 17.9. The summed E-state index contributed by atoms with van der Waals surface area (Å²) in [5.41, 5.74) is 2.50. The van der Waals surface area contributed by atoms with Crippen molar-refractivity contribution in [1.29, 1.82) is 0 Å². The van der Waals surface area contributed by atoms with Gasteiger partial charge in [0.2, 0.25) is 5.91 Å². The summed E-state index contributed by atoms with van der Waals surface area (Å²) in [6, 6.07) is 4.90. The second-order valence-electron chi connectivity index (χ2n) is 9.34. The maximum Gasteiger partial charge on any atom is 0.226 e. The lowest BCUT2D eigenvalue weighted by Crippen LogP contribution is -2.43. The lowest BCUT2D eigenvalue weighted by atomic mass is 9.93. The molecule has 4 rings (SSSR count). The average Bonchev–Trinajstić information content (AvgIpc) is 3.30. The summed E-state index contributed by atoms with van der Waals surface area (Å²) in [4.78, 5) is 22.3.